The molecule has 200 valence electrons. The summed E-state index contributed by atoms with van der Waals surface area (Å²) in [6.45, 7) is 3.76. The number of rotatable bonds is 10. The number of benzene rings is 3. The molecule has 0 spiro atoms. The van der Waals surface area contributed by atoms with Crippen LogP contribution in [-0.2, 0) is 26.2 Å². The van der Waals surface area contributed by atoms with Crippen LogP contribution in [-0.4, -0.2) is 45.5 Å². The fraction of sp³-hybridized carbons (Fsp3) is 0.286. The number of nitrogens with one attached hydrogen (secondary N) is 2. The highest BCUT2D eigenvalue weighted by Gasteiger charge is 2.33. The molecule has 3 aromatic carbocycles. The Labute approximate surface area is 222 Å². The van der Waals surface area contributed by atoms with Gasteiger partial charge < -0.3 is 19.7 Å². The number of anilines is 1. The van der Waals surface area contributed by atoms with Gasteiger partial charge in [0.05, 0.1) is 17.1 Å². The van der Waals surface area contributed by atoms with Gasteiger partial charge in [0, 0.05) is 12.6 Å². The Kier molecular flexibility index (Phi) is 8.65. The molecule has 0 bridgehead atoms. The minimum atomic E-state index is -3.64. The molecule has 9 nitrogen and oxygen atoms in total. The van der Waals surface area contributed by atoms with Crippen LogP contribution in [0.1, 0.15) is 25.8 Å². The highest BCUT2D eigenvalue weighted by molar-refractivity contribution is 7.89. The number of carbonyl (C=O) groups excluding carboxylic acids is 2. The smallest absolute Gasteiger partial charge is 0.265 e. The molecular formula is C28H31N3O6S. The van der Waals surface area contributed by atoms with Gasteiger partial charge in [-0.25, -0.2) is 13.1 Å². The van der Waals surface area contributed by atoms with E-state index in [9.17, 15) is 18.0 Å². The molecule has 1 heterocycles. The Morgan fingerprint density at radius 3 is 2.42 bits per heavy atom. The van der Waals surface area contributed by atoms with Crippen molar-refractivity contribution < 1.29 is 27.5 Å². The van der Waals surface area contributed by atoms with Crippen molar-refractivity contribution in [3.63, 3.8) is 0 Å². The molecule has 38 heavy (non-hydrogen) atoms. The van der Waals surface area contributed by atoms with Crippen molar-refractivity contribution in [1.82, 2.24) is 10.0 Å². The van der Waals surface area contributed by atoms with E-state index in [-0.39, 0.29) is 35.9 Å². The maximum absolute atomic E-state index is 13.2. The Balaban J connectivity index is 1.40. The van der Waals surface area contributed by atoms with Crippen LogP contribution >= 0.6 is 0 Å². The fourth-order valence-corrected chi connectivity index (χ4v) is 5.19. The molecule has 0 radical (unpaired) electrons. The first-order chi connectivity index (χ1) is 18.3. The lowest BCUT2D eigenvalue weighted by Crippen LogP contribution is -2.51. The van der Waals surface area contributed by atoms with E-state index in [0.717, 1.165) is 5.56 Å². The summed E-state index contributed by atoms with van der Waals surface area (Å²) < 4.78 is 39.1. The van der Waals surface area contributed by atoms with E-state index in [0.29, 0.717) is 30.2 Å². The lowest BCUT2D eigenvalue weighted by Gasteiger charge is -2.34. The van der Waals surface area contributed by atoms with Crippen LogP contribution in [0.5, 0.6) is 11.5 Å². The molecule has 2 amide bonds. The van der Waals surface area contributed by atoms with E-state index in [1.54, 1.807) is 31.2 Å². The van der Waals surface area contributed by atoms with Crippen molar-refractivity contribution in [1.29, 1.82) is 0 Å². The van der Waals surface area contributed by atoms with Gasteiger partial charge in [-0.15, -0.1) is 0 Å². The van der Waals surface area contributed by atoms with Gasteiger partial charge >= 0.3 is 0 Å². The predicted molar refractivity (Wildman–Crippen MR) is 144 cm³/mol. The molecule has 1 aliphatic heterocycles. The number of ether oxygens (including phenoxy) is 2. The van der Waals surface area contributed by atoms with Crippen molar-refractivity contribution >= 4 is 27.5 Å². The van der Waals surface area contributed by atoms with E-state index in [2.05, 4.69) is 10.0 Å². The summed E-state index contributed by atoms with van der Waals surface area (Å²) in [4.78, 5) is 27.6. The van der Waals surface area contributed by atoms with Gasteiger partial charge in [-0.3, -0.25) is 9.59 Å². The third-order valence-corrected chi connectivity index (χ3v) is 7.75. The maximum Gasteiger partial charge on any atom is 0.265 e. The van der Waals surface area contributed by atoms with Gasteiger partial charge in [-0.1, -0.05) is 49.4 Å². The molecular weight excluding hydrogens is 506 g/mol. The van der Waals surface area contributed by atoms with Gasteiger partial charge in [0.1, 0.15) is 11.5 Å². The average molecular weight is 538 g/mol. The number of para-hydroxylation sites is 2. The molecule has 2 N–H and O–H groups in total. The molecule has 0 aliphatic carbocycles. The molecule has 1 aliphatic rings. The lowest BCUT2D eigenvalue weighted by atomic mass is 10.1. The maximum atomic E-state index is 13.2. The minimum absolute atomic E-state index is 0.0261. The van der Waals surface area contributed by atoms with Crippen LogP contribution < -0.4 is 24.4 Å². The third kappa shape index (κ3) is 6.70. The minimum Gasteiger partial charge on any atom is -0.484 e. The van der Waals surface area contributed by atoms with E-state index in [1.807, 2.05) is 37.3 Å². The molecule has 0 saturated heterocycles. The fourth-order valence-electron chi connectivity index (χ4n) is 3.86. The summed E-state index contributed by atoms with van der Waals surface area (Å²) in [5.74, 6) is 0.0801. The SMILES string of the molecule is CCC(C)NS(=O)(=O)c1ccc(OCC(=O)N2CC(C(=O)NCc3ccccc3)Oc3ccccc32)cc1. The number of amides is 2. The topological polar surface area (TPSA) is 114 Å². The van der Waals surface area contributed by atoms with Crippen LogP contribution in [0.3, 0.4) is 0 Å². The van der Waals surface area contributed by atoms with Crippen LogP contribution in [0.4, 0.5) is 5.69 Å². The number of hydrogen-bond acceptors (Lipinski definition) is 6. The van der Waals surface area contributed by atoms with Gasteiger partial charge in [0.2, 0.25) is 10.0 Å². The summed E-state index contributed by atoms with van der Waals surface area (Å²) in [6.07, 6.45) is -0.219. The Bertz CT molecular complexity index is 1360. The summed E-state index contributed by atoms with van der Waals surface area (Å²) in [6, 6.07) is 22.2. The van der Waals surface area contributed by atoms with Crippen molar-refractivity contribution in [3.05, 3.63) is 84.4 Å². The van der Waals surface area contributed by atoms with Crippen molar-refractivity contribution in [2.24, 2.45) is 0 Å². The summed E-state index contributed by atoms with van der Waals surface area (Å²) in [5.41, 5.74) is 1.50. The molecule has 3 aromatic rings. The molecule has 0 aromatic heterocycles. The zero-order valence-corrected chi connectivity index (χ0v) is 22.1. The number of hydrogen-bond donors (Lipinski definition) is 2. The standard InChI is InChI=1S/C28H31N3O6S/c1-3-20(2)30-38(34,35)23-15-13-22(14-16-23)36-19-27(32)31-18-26(37-25-12-8-7-11-24(25)31)28(33)29-17-21-9-5-4-6-10-21/h4-16,20,26,30H,3,17-19H2,1-2H3,(H,29,33). The first-order valence-corrected chi connectivity index (χ1v) is 13.9. The van der Waals surface area contributed by atoms with E-state index in [4.69, 9.17) is 9.47 Å². The molecule has 0 saturated carbocycles. The highest BCUT2D eigenvalue weighted by Crippen LogP contribution is 2.33. The average Bonchev–Trinajstić information content (AvgIpc) is 2.94. The van der Waals surface area contributed by atoms with E-state index >= 15 is 0 Å². The molecule has 0 fully saturated rings. The van der Waals surface area contributed by atoms with Gasteiger partial charge in [-0.05, 0) is 55.3 Å². The first-order valence-electron chi connectivity index (χ1n) is 12.4. The molecule has 10 heteroatoms. The zero-order valence-electron chi connectivity index (χ0n) is 21.3. The number of nitrogens with zero attached hydrogens (tertiary/aromatic N) is 1. The Morgan fingerprint density at radius 2 is 1.71 bits per heavy atom. The number of sulfonamides is 1. The van der Waals surface area contributed by atoms with Crippen molar-refractivity contribution in [2.45, 2.75) is 43.9 Å². The van der Waals surface area contributed by atoms with Crippen molar-refractivity contribution in [3.8, 4) is 11.5 Å². The predicted octanol–water partition coefficient (Wildman–Crippen LogP) is 3.25. The Hall–Kier alpha value is -3.89. The second kappa shape index (κ2) is 12.1. The number of fused-ring (bicyclic) bond motifs is 1. The van der Waals surface area contributed by atoms with Crippen LogP contribution in [0.25, 0.3) is 0 Å². The summed E-state index contributed by atoms with van der Waals surface area (Å²) in [5, 5.41) is 2.86. The lowest BCUT2D eigenvalue weighted by molar-refractivity contribution is -0.128. The largest absolute Gasteiger partial charge is 0.484 e. The zero-order chi connectivity index (χ0) is 27.1. The van der Waals surface area contributed by atoms with Crippen LogP contribution in [0.2, 0.25) is 0 Å². The highest BCUT2D eigenvalue weighted by atomic mass is 32.2. The van der Waals surface area contributed by atoms with Crippen molar-refractivity contribution in [2.75, 3.05) is 18.1 Å². The van der Waals surface area contributed by atoms with Gasteiger partial charge in [0.25, 0.3) is 11.8 Å². The third-order valence-electron chi connectivity index (χ3n) is 6.14. The second-order valence-electron chi connectivity index (χ2n) is 8.97. The quantitative estimate of drug-likeness (QED) is 0.411. The second-order valence-corrected chi connectivity index (χ2v) is 10.7. The van der Waals surface area contributed by atoms with E-state index < -0.39 is 16.1 Å². The van der Waals surface area contributed by atoms with Crippen LogP contribution in [0, 0.1) is 0 Å². The monoisotopic (exact) mass is 537 g/mol. The van der Waals surface area contributed by atoms with Gasteiger partial charge in [0.15, 0.2) is 12.7 Å². The summed E-state index contributed by atoms with van der Waals surface area (Å²) in [7, 11) is -3.64. The first kappa shape index (κ1) is 27.2. The van der Waals surface area contributed by atoms with Crippen LogP contribution in [0.15, 0.2) is 83.8 Å². The molecule has 2 unspecified atom stereocenters. The van der Waals surface area contributed by atoms with Gasteiger partial charge in [-0.2, -0.15) is 0 Å². The Morgan fingerprint density at radius 1 is 1.03 bits per heavy atom. The van der Waals surface area contributed by atoms with E-state index in [1.165, 1.54) is 29.2 Å². The molecule has 4 rings (SSSR count). The normalized spacial score (nSPS) is 15.6. The summed E-state index contributed by atoms with van der Waals surface area (Å²) >= 11 is 0. The molecule has 2 atom stereocenters. The number of carbonyl (C=O) groups is 2.